The molecule has 0 bridgehead atoms. The van der Waals surface area contributed by atoms with E-state index in [4.69, 9.17) is 10.5 Å². The summed E-state index contributed by atoms with van der Waals surface area (Å²) >= 11 is 0. The minimum atomic E-state index is 0.725. The highest BCUT2D eigenvalue weighted by Crippen LogP contribution is 2.28. The molecule has 0 saturated carbocycles. The van der Waals surface area contributed by atoms with Gasteiger partial charge in [0.2, 0.25) is 0 Å². The normalized spacial score (nSPS) is 10.7. The van der Waals surface area contributed by atoms with Gasteiger partial charge >= 0.3 is 0 Å². The zero-order valence-electron chi connectivity index (χ0n) is 11.9. The molecule has 2 N–H and O–H groups in total. The number of hydrogen-bond acceptors (Lipinski definition) is 2. The van der Waals surface area contributed by atoms with Crippen molar-refractivity contribution in [2.75, 3.05) is 5.73 Å². The Morgan fingerprint density at radius 1 is 1.10 bits per heavy atom. The first-order chi connectivity index (χ1) is 9.60. The van der Waals surface area contributed by atoms with Crippen LogP contribution in [-0.2, 0) is 0 Å². The van der Waals surface area contributed by atoms with E-state index in [1.807, 2.05) is 61.5 Å². The number of ether oxygens (including phenoxy) is 1. The van der Waals surface area contributed by atoms with Crippen molar-refractivity contribution in [3.8, 4) is 11.5 Å². The predicted molar refractivity (Wildman–Crippen MR) is 86.0 cm³/mol. The van der Waals surface area contributed by atoms with Crippen molar-refractivity contribution in [3.05, 3.63) is 72.3 Å². The summed E-state index contributed by atoms with van der Waals surface area (Å²) in [5, 5.41) is 0. The smallest absolute Gasteiger partial charge is 0.128 e. The van der Waals surface area contributed by atoms with Crippen molar-refractivity contribution in [3.63, 3.8) is 0 Å². The molecular formula is C18H19NO. The average molecular weight is 265 g/mol. The molecule has 0 amide bonds. The van der Waals surface area contributed by atoms with Crippen molar-refractivity contribution in [2.24, 2.45) is 0 Å². The van der Waals surface area contributed by atoms with Crippen LogP contribution in [-0.4, -0.2) is 0 Å². The summed E-state index contributed by atoms with van der Waals surface area (Å²) in [5.74, 6) is 1.56. The zero-order valence-corrected chi connectivity index (χ0v) is 11.9. The number of rotatable bonds is 4. The lowest BCUT2D eigenvalue weighted by atomic mass is 10.0. The Balaban J connectivity index is 2.27. The van der Waals surface area contributed by atoms with E-state index in [2.05, 4.69) is 13.5 Å². The number of nitrogens with two attached hydrogens (primary N) is 1. The predicted octanol–water partition coefficient (Wildman–Crippen LogP) is 4.96. The van der Waals surface area contributed by atoms with Crippen molar-refractivity contribution >= 4 is 11.3 Å². The molecule has 2 heteroatoms. The monoisotopic (exact) mass is 265 g/mol. The van der Waals surface area contributed by atoms with Crippen LogP contribution in [0.5, 0.6) is 11.5 Å². The summed E-state index contributed by atoms with van der Waals surface area (Å²) < 4.78 is 5.84. The van der Waals surface area contributed by atoms with E-state index in [9.17, 15) is 0 Å². The second-order valence-electron chi connectivity index (χ2n) is 4.67. The Kier molecular flexibility index (Phi) is 4.26. The molecule has 20 heavy (non-hydrogen) atoms. The molecule has 0 saturated heterocycles. The van der Waals surface area contributed by atoms with Gasteiger partial charge in [0.05, 0.1) is 0 Å². The van der Waals surface area contributed by atoms with Gasteiger partial charge in [0, 0.05) is 5.69 Å². The van der Waals surface area contributed by atoms with Gasteiger partial charge in [-0.1, -0.05) is 24.8 Å². The molecule has 0 aliphatic heterocycles. The van der Waals surface area contributed by atoms with Crippen LogP contribution in [0.1, 0.15) is 18.1 Å². The van der Waals surface area contributed by atoms with Gasteiger partial charge in [-0.2, -0.15) is 0 Å². The van der Waals surface area contributed by atoms with Crippen LogP contribution < -0.4 is 10.5 Å². The van der Waals surface area contributed by atoms with Gasteiger partial charge in [0.1, 0.15) is 11.5 Å². The Bertz CT molecular complexity index is 639. The van der Waals surface area contributed by atoms with Gasteiger partial charge in [-0.25, -0.2) is 0 Å². The van der Waals surface area contributed by atoms with E-state index >= 15 is 0 Å². The maximum atomic E-state index is 5.84. The third kappa shape index (κ3) is 3.29. The molecule has 2 rings (SSSR count). The van der Waals surface area contributed by atoms with Gasteiger partial charge in [0.25, 0.3) is 0 Å². The standard InChI is InChI=1S/C18H19NO/c1-4-5-13(2)18-12-17(9-6-14(18)3)20-16-10-7-15(19)8-11-16/h4-12H,2,19H2,1,3H3. The highest BCUT2D eigenvalue weighted by Gasteiger charge is 2.04. The van der Waals surface area contributed by atoms with E-state index in [1.54, 1.807) is 0 Å². The number of anilines is 1. The van der Waals surface area contributed by atoms with Crippen LogP contribution in [0, 0.1) is 6.92 Å². The molecule has 0 aliphatic carbocycles. The summed E-state index contributed by atoms with van der Waals surface area (Å²) in [7, 11) is 0. The Hall–Kier alpha value is -2.48. The van der Waals surface area contributed by atoms with Crippen LogP contribution >= 0.6 is 0 Å². The first-order valence-electron chi connectivity index (χ1n) is 6.56. The molecule has 0 heterocycles. The summed E-state index contributed by atoms with van der Waals surface area (Å²) in [6.45, 7) is 8.12. The van der Waals surface area contributed by atoms with Crippen LogP contribution in [0.2, 0.25) is 0 Å². The van der Waals surface area contributed by atoms with E-state index in [-0.39, 0.29) is 0 Å². The third-order valence-corrected chi connectivity index (χ3v) is 3.04. The quantitative estimate of drug-likeness (QED) is 0.626. The first kappa shape index (κ1) is 13.9. The molecule has 2 aromatic carbocycles. The van der Waals surface area contributed by atoms with Gasteiger partial charge in [-0.15, -0.1) is 0 Å². The highest BCUT2D eigenvalue weighted by atomic mass is 16.5. The van der Waals surface area contributed by atoms with Gasteiger partial charge in [0.15, 0.2) is 0 Å². The molecule has 0 aliphatic rings. The molecule has 0 aromatic heterocycles. The molecule has 0 fully saturated rings. The summed E-state index contributed by atoms with van der Waals surface area (Å²) in [6, 6.07) is 13.4. The summed E-state index contributed by atoms with van der Waals surface area (Å²) in [4.78, 5) is 0. The largest absolute Gasteiger partial charge is 0.457 e. The summed E-state index contributed by atoms with van der Waals surface area (Å²) in [5.41, 5.74) is 9.64. The lowest BCUT2D eigenvalue weighted by Crippen LogP contribution is -1.90. The van der Waals surface area contributed by atoms with Crippen LogP contribution in [0.4, 0.5) is 5.69 Å². The van der Waals surface area contributed by atoms with Gasteiger partial charge in [-0.3, -0.25) is 0 Å². The molecule has 0 spiro atoms. The Morgan fingerprint density at radius 3 is 2.40 bits per heavy atom. The second-order valence-corrected chi connectivity index (χ2v) is 4.67. The van der Waals surface area contributed by atoms with E-state index in [1.165, 1.54) is 5.56 Å². The minimum Gasteiger partial charge on any atom is -0.457 e. The van der Waals surface area contributed by atoms with Gasteiger partial charge in [-0.05, 0) is 66.9 Å². The lowest BCUT2D eigenvalue weighted by molar-refractivity contribution is 0.482. The lowest BCUT2D eigenvalue weighted by Gasteiger charge is -2.10. The Labute approximate surface area is 120 Å². The van der Waals surface area contributed by atoms with Crippen LogP contribution in [0.3, 0.4) is 0 Å². The number of aryl methyl sites for hydroxylation is 1. The number of nitrogen functional groups attached to an aromatic ring is 1. The van der Waals surface area contributed by atoms with Crippen molar-refractivity contribution in [2.45, 2.75) is 13.8 Å². The highest BCUT2D eigenvalue weighted by molar-refractivity contribution is 5.74. The fraction of sp³-hybridized carbons (Fsp3) is 0.111. The fourth-order valence-electron chi connectivity index (χ4n) is 1.97. The molecule has 0 atom stereocenters. The molecule has 102 valence electrons. The maximum Gasteiger partial charge on any atom is 0.128 e. The zero-order chi connectivity index (χ0) is 14.5. The van der Waals surface area contributed by atoms with Crippen LogP contribution in [0.25, 0.3) is 5.57 Å². The number of hydrogen-bond donors (Lipinski definition) is 1. The minimum absolute atomic E-state index is 0.725. The topological polar surface area (TPSA) is 35.2 Å². The molecular weight excluding hydrogens is 246 g/mol. The number of allylic oxidation sites excluding steroid dienone is 3. The van der Waals surface area contributed by atoms with Crippen molar-refractivity contribution < 1.29 is 4.74 Å². The molecule has 0 unspecified atom stereocenters. The molecule has 2 aromatic rings. The number of benzene rings is 2. The SMILES string of the molecule is C=C(C=CC)c1cc(Oc2ccc(N)cc2)ccc1C. The van der Waals surface area contributed by atoms with Crippen molar-refractivity contribution in [1.29, 1.82) is 0 Å². The van der Waals surface area contributed by atoms with Crippen LogP contribution in [0.15, 0.2) is 61.2 Å². The fourth-order valence-corrected chi connectivity index (χ4v) is 1.97. The van der Waals surface area contributed by atoms with E-state index in [0.717, 1.165) is 28.3 Å². The average Bonchev–Trinajstić information content (AvgIpc) is 2.43. The molecule has 0 radical (unpaired) electrons. The Morgan fingerprint density at radius 2 is 1.75 bits per heavy atom. The van der Waals surface area contributed by atoms with Gasteiger partial charge < -0.3 is 10.5 Å². The molecule has 2 nitrogen and oxygen atoms in total. The summed E-state index contributed by atoms with van der Waals surface area (Å²) in [6.07, 6.45) is 3.98. The maximum absolute atomic E-state index is 5.84. The third-order valence-electron chi connectivity index (χ3n) is 3.04. The van der Waals surface area contributed by atoms with E-state index < -0.39 is 0 Å². The van der Waals surface area contributed by atoms with E-state index in [0.29, 0.717) is 0 Å². The second kappa shape index (κ2) is 6.11. The van der Waals surface area contributed by atoms with Crippen molar-refractivity contribution in [1.82, 2.24) is 0 Å². The first-order valence-corrected chi connectivity index (χ1v) is 6.56.